The molecule has 3 aliphatic rings. The van der Waals surface area contributed by atoms with Crippen LogP contribution in [0, 0.1) is 10.8 Å². The van der Waals surface area contributed by atoms with Crippen molar-refractivity contribution in [2.45, 2.75) is 71.4 Å². The van der Waals surface area contributed by atoms with E-state index in [1.54, 1.807) is 11.0 Å². The molecule has 6 nitrogen and oxygen atoms in total. The lowest BCUT2D eigenvalue weighted by Gasteiger charge is -2.39. The Balaban J connectivity index is 1.40. The zero-order valence-electron chi connectivity index (χ0n) is 18.0. The highest BCUT2D eigenvalue weighted by molar-refractivity contribution is 5.94. The van der Waals surface area contributed by atoms with Gasteiger partial charge in [-0.05, 0) is 49.0 Å². The third-order valence-corrected chi connectivity index (χ3v) is 6.83. The van der Waals surface area contributed by atoms with Crippen molar-refractivity contribution in [3.8, 4) is 0 Å². The molecular formula is C23H34N2O4. The van der Waals surface area contributed by atoms with Gasteiger partial charge in [-0.25, -0.2) is 0 Å². The molecule has 0 N–H and O–H groups in total. The highest BCUT2D eigenvalue weighted by Gasteiger charge is 2.50. The van der Waals surface area contributed by atoms with Crippen LogP contribution in [0.15, 0.2) is 23.0 Å². The Kier molecular flexibility index (Phi) is 5.49. The SMILES string of the molecule is CC1(C)CC2CC(C)(CN2C(=O)CCN(CC2CCCO2)C(=O)c2ccoc2)C1. The van der Waals surface area contributed by atoms with E-state index in [0.717, 1.165) is 38.8 Å². The lowest BCUT2D eigenvalue weighted by Crippen LogP contribution is -2.42. The third-order valence-electron chi connectivity index (χ3n) is 6.83. The van der Waals surface area contributed by atoms with Crippen molar-refractivity contribution in [3.05, 3.63) is 24.2 Å². The van der Waals surface area contributed by atoms with Crippen LogP contribution in [0.2, 0.25) is 0 Å². The second-order valence-corrected chi connectivity index (χ2v) is 10.4. The fourth-order valence-electron chi connectivity index (χ4n) is 6.00. The number of hydrogen-bond donors (Lipinski definition) is 0. The van der Waals surface area contributed by atoms with Crippen molar-refractivity contribution in [2.24, 2.45) is 10.8 Å². The van der Waals surface area contributed by atoms with Gasteiger partial charge in [-0.2, -0.15) is 0 Å². The number of likely N-dealkylation sites (tertiary alicyclic amines) is 1. The maximum absolute atomic E-state index is 13.1. The van der Waals surface area contributed by atoms with Gasteiger partial charge >= 0.3 is 0 Å². The van der Waals surface area contributed by atoms with Gasteiger partial charge in [0.25, 0.3) is 5.91 Å². The molecule has 6 heteroatoms. The molecular weight excluding hydrogens is 368 g/mol. The first kappa shape index (κ1) is 20.5. The van der Waals surface area contributed by atoms with Crippen LogP contribution in [-0.2, 0) is 9.53 Å². The van der Waals surface area contributed by atoms with Gasteiger partial charge in [0, 0.05) is 38.7 Å². The smallest absolute Gasteiger partial charge is 0.257 e. The number of carbonyl (C=O) groups is 2. The quantitative estimate of drug-likeness (QED) is 0.728. The molecule has 4 rings (SSSR count). The Morgan fingerprint density at radius 3 is 2.79 bits per heavy atom. The van der Waals surface area contributed by atoms with Gasteiger partial charge in [-0.15, -0.1) is 0 Å². The fraction of sp³-hybridized carbons (Fsp3) is 0.739. The maximum Gasteiger partial charge on any atom is 0.257 e. The molecule has 0 aromatic carbocycles. The van der Waals surface area contributed by atoms with E-state index in [2.05, 4.69) is 25.7 Å². The minimum Gasteiger partial charge on any atom is -0.472 e. The summed E-state index contributed by atoms with van der Waals surface area (Å²) in [6, 6.07) is 2.02. The molecule has 1 aliphatic carbocycles. The van der Waals surface area contributed by atoms with Crippen LogP contribution in [0.4, 0.5) is 0 Å². The first-order valence-electron chi connectivity index (χ1n) is 11.0. The molecule has 1 aromatic rings. The van der Waals surface area contributed by atoms with Crippen molar-refractivity contribution in [1.29, 1.82) is 0 Å². The van der Waals surface area contributed by atoms with Crippen LogP contribution >= 0.6 is 0 Å². The van der Waals surface area contributed by atoms with Crippen molar-refractivity contribution >= 4 is 11.8 Å². The van der Waals surface area contributed by atoms with Crippen molar-refractivity contribution in [2.75, 3.05) is 26.2 Å². The van der Waals surface area contributed by atoms with Crippen LogP contribution in [-0.4, -0.2) is 60.0 Å². The minimum atomic E-state index is -0.0877. The summed E-state index contributed by atoms with van der Waals surface area (Å²) in [5, 5.41) is 0. The second-order valence-electron chi connectivity index (χ2n) is 10.4. The predicted molar refractivity (Wildman–Crippen MR) is 109 cm³/mol. The lowest BCUT2D eigenvalue weighted by atomic mass is 9.65. The van der Waals surface area contributed by atoms with Crippen LogP contribution in [0.3, 0.4) is 0 Å². The van der Waals surface area contributed by atoms with Gasteiger partial charge in [0.1, 0.15) is 6.26 Å². The zero-order chi connectivity index (χ0) is 20.6. The summed E-state index contributed by atoms with van der Waals surface area (Å²) in [6.07, 6.45) is 8.75. The van der Waals surface area contributed by atoms with E-state index in [9.17, 15) is 9.59 Å². The Morgan fingerprint density at radius 1 is 1.28 bits per heavy atom. The summed E-state index contributed by atoms with van der Waals surface area (Å²) < 4.78 is 10.8. The standard InChI is InChI=1S/C23H34N2O4/c1-22(2)11-18-12-23(3,15-22)16-25(18)20(26)6-8-24(13-19-5-4-9-29-19)21(27)17-7-10-28-14-17/h7,10,14,18-19H,4-6,8-9,11-13,15-16H2,1-3H3. The number of furan rings is 1. The maximum atomic E-state index is 13.1. The molecule has 3 atom stereocenters. The third kappa shape index (κ3) is 4.52. The van der Waals surface area contributed by atoms with Crippen LogP contribution in [0.5, 0.6) is 0 Å². The van der Waals surface area contributed by atoms with Gasteiger partial charge in [0.05, 0.1) is 17.9 Å². The topological polar surface area (TPSA) is 63.0 Å². The van der Waals surface area contributed by atoms with Gasteiger partial charge in [-0.1, -0.05) is 20.8 Å². The lowest BCUT2D eigenvalue weighted by molar-refractivity contribution is -0.132. The Morgan fingerprint density at radius 2 is 2.10 bits per heavy atom. The summed E-state index contributed by atoms with van der Waals surface area (Å²) in [6.45, 7) is 9.51. The molecule has 3 heterocycles. The van der Waals surface area contributed by atoms with Crippen molar-refractivity contribution < 1.29 is 18.7 Å². The average Bonchev–Trinajstić information content (AvgIpc) is 3.37. The highest BCUT2D eigenvalue weighted by atomic mass is 16.5. The van der Waals surface area contributed by atoms with Crippen LogP contribution < -0.4 is 0 Å². The van der Waals surface area contributed by atoms with E-state index in [-0.39, 0.29) is 28.7 Å². The summed E-state index contributed by atoms with van der Waals surface area (Å²) in [5.74, 6) is 0.0871. The molecule has 2 saturated heterocycles. The van der Waals surface area contributed by atoms with Crippen molar-refractivity contribution in [1.82, 2.24) is 9.80 Å². The second kappa shape index (κ2) is 7.78. The molecule has 0 spiro atoms. The number of rotatable bonds is 6. The summed E-state index contributed by atoms with van der Waals surface area (Å²) in [4.78, 5) is 29.9. The zero-order valence-corrected chi connectivity index (χ0v) is 18.0. The van der Waals surface area contributed by atoms with Gasteiger partial charge in [0.15, 0.2) is 0 Å². The summed E-state index contributed by atoms with van der Waals surface area (Å²) >= 11 is 0. The molecule has 0 radical (unpaired) electrons. The van der Waals surface area contributed by atoms with Gasteiger partial charge < -0.3 is 19.0 Å². The number of nitrogens with zero attached hydrogens (tertiary/aromatic N) is 2. The minimum absolute atomic E-state index is 0.0617. The fourth-order valence-corrected chi connectivity index (χ4v) is 6.00. The number of ether oxygens (including phenoxy) is 1. The van der Waals surface area contributed by atoms with E-state index in [0.29, 0.717) is 31.1 Å². The highest BCUT2D eigenvalue weighted by Crippen LogP contribution is 2.52. The number of amides is 2. The first-order chi connectivity index (χ1) is 13.7. The van der Waals surface area contributed by atoms with E-state index in [4.69, 9.17) is 9.15 Å². The number of hydrogen-bond acceptors (Lipinski definition) is 4. The Bertz CT molecular complexity index is 738. The van der Waals surface area contributed by atoms with E-state index < -0.39 is 0 Å². The summed E-state index contributed by atoms with van der Waals surface area (Å²) in [5.41, 5.74) is 1.05. The van der Waals surface area contributed by atoms with E-state index >= 15 is 0 Å². The monoisotopic (exact) mass is 402 g/mol. The molecule has 160 valence electrons. The molecule has 3 fully saturated rings. The molecule has 1 saturated carbocycles. The molecule has 2 amide bonds. The molecule has 2 bridgehead atoms. The predicted octanol–water partition coefficient (Wildman–Crippen LogP) is 3.72. The molecule has 2 aliphatic heterocycles. The van der Waals surface area contributed by atoms with Crippen molar-refractivity contribution in [3.63, 3.8) is 0 Å². The first-order valence-corrected chi connectivity index (χ1v) is 11.0. The normalized spacial score (nSPS) is 30.5. The number of carbonyl (C=O) groups excluding carboxylic acids is 2. The Hall–Kier alpha value is -1.82. The van der Waals surface area contributed by atoms with Crippen LogP contribution in [0.1, 0.15) is 69.7 Å². The average molecular weight is 403 g/mol. The molecule has 1 aromatic heterocycles. The summed E-state index contributed by atoms with van der Waals surface area (Å²) in [7, 11) is 0. The molecule has 29 heavy (non-hydrogen) atoms. The molecule has 3 unspecified atom stereocenters. The number of fused-ring (bicyclic) bond motifs is 2. The Labute approximate surface area is 173 Å². The van der Waals surface area contributed by atoms with Gasteiger partial charge in [-0.3, -0.25) is 9.59 Å². The van der Waals surface area contributed by atoms with E-state index in [1.165, 1.54) is 18.9 Å². The van der Waals surface area contributed by atoms with Gasteiger partial charge in [0.2, 0.25) is 5.91 Å². The van der Waals surface area contributed by atoms with E-state index in [1.807, 2.05) is 0 Å². The largest absolute Gasteiger partial charge is 0.472 e. The van der Waals surface area contributed by atoms with Crippen LogP contribution in [0.25, 0.3) is 0 Å².